The molecule has 0 saturated heterocycles. The summed E-state index contributed by atoms with van der Waals surface area (Å²) in [6.45, 7) is 2.49. The Morgan fingerprint density at radius 3 is 3.00 bits per heavy atom. The van der Waals surface area contributed by atoms with Gasteiger partial charge in [-0.15, -0.1) is 0 Å². The van der Waals surface area contributed by atoms with Crippen molar-refractivity contribution in [2.75, 3.05) is 0 Å². The highest BCUT2D eigenvalue weighted by molar-refractivity contribution is 5.28. The van der Waals surface area contributed by atoms with E-state index in [1.165, 1.54) is 38.5 Å². The van der Waals surface area contributed by atoms with Crippen molar-refractivity contribution in [3.63, 3.8) is 0 Å². The summed E-state index contributed by atoms with van der Waals surface area (Å²) in [4.78, 5) is 0. The molecular weight excluding hydrogens is 232 g/mol. The molecule has 19 heavy (non-hydrogen) atoms. The summed E-state index contributed by atoms with van der Waals surface area (Å²) in [7, 11) is 0. The molecule has 0 aromatic rings. The predicted molar refractivity (Wildman–Crippen MR) is 77.7 cm³/mol. The first-order valence-electron chi connectivity index (χ1n) is 8.24. The van der Waals surface area contributed by atoms with Crippen molar-refractivity contribution < 1.29 is 5.11 Å². The van der Waals surface area contributed by atoms with E-state index in [2.05, 4.69) is 19.1 Å². The number of rotatable bonds is 0. The fourth-order valence-corrected chi connectivity index (χ4v) is 5.67. The fourth-order valence-electron chi connectivity index (χ4n) is 5.67. The van der Waals surface area contributed by atoms with Crippen LogP contribution < -0.4 is 0 Å². The summed E-state index contributed by atoms with van der Waals surface area (Å²) in [6, 6.07) is 0. The van der Waals surface area contributed by atoms with Gasteiger partial charge in [-0.1, -0.05) is 30.2 Å². The number of aliphatic hydroxyl groups is 1. The van der Waals surface area contributed by atoms with Crippen LogP contribution >= 0.6 is 0 Å². The molecule has 0 heterocycles. The summed E-state index contributed by atoms with van der Waals surface area (Å²) in [6.07, 6.45) is 14.9. The summed E-state index contributed by atoms with van der Waals surface area (Å²) < 4.78 is 0. The maximum absolute atomic E-state index is 9.89. The van der Waals surface area contributed by atoms with E-state index in [9.17, 15) is 5.11 Å². The summed E-state index contributed by atoms with van der Waals surface area (Å²) >= 11 is 0. The van der Waals surface area contributed by atoms with Crippen LogP contribution in [0.4, 0.5) is 0 Å². The molecular formula is C18H26O. The Hall–Kier alpha value is -0.560. The Morgan fingerprint density at radius 1 is 1.21 bits per heavy atom. The molecule has 5 atom stereocenters. The molecule has 0 aliphatic heterocycles. The SMILES string of the molecule is C[C@@]12C=CCC1C1CCC3=C(CCC(O)C3)C1CC2. The van der Waals surface area contributed by atoms with E-state index < -0.39 is 0 Å². The molecule has 0 aromatic heterocycles. The van der Waals surface area contributed by atoms with Gasteiger partial charge in [0.25, 0.3) is 0 Å². The Bertz CT molecular complexity index is 447. The predicted octanol–water partition coefficient (Wildman–Crippen LogP) is 4.23. The van der Waals surface area contributed by atoms with Crippen LogP contribution in [0.5, 0.6) is 0 Å². The standard InChI is InChI=1S/C18H26O/c1-18-9-2-3-17(18)16-6-4-12-11-13(19)5-7-14(12)15(16)8-10-18/h2,9,13,15-17,19H,3-8,10-11H2,1H3/t13?,15?,16?,17?,18-/m0/s1. The Morgan fingerprint density at radius 2 is 2.11 bits per heavy atom. The van der Waals surface area contributed by atoms with Gasteiger partial charge in [0, 0.05) is 0 Å². The summed E-state index contributed by atoms with van der Waals surface area (Å²) in [5.41, 5.74) is 3.94. The molecule has 4 aliphatic rings. The van der Waals surface area contributed by atoms with E-state index in [0.717, 1.165) is 30.6 Å². The lowest BCUT2D eigenvalue weighted by Crippen LogP contribution is -2.41. The van der Waals surface area contributed by atoms with Crippen molar-refractivity contribution >= 4 is 0 Å². The van der Waals surface area contributed by atoms with Gasteiger partial charge in [-0.25, -0.2) is 0 Å². The highest BCUT2D eigenvalue weighted by Gasteiger charge is 2.49. The van der Waals surface area contributed by atoms with Crippen molar-refractivity contribution in [3.05, 3.63) is 23.3 Å². The highest BCUT2D eigenvalue weighted by Crippen LogP contribution is 2.58. The first-order chi connectivity index (χ1) is 9.17. The second-order valence-corrected chi connectivity index (χ2v) is 7.62. The monoisotopic (exact) mass is 258 g/mol. The van der Waals surface area contributed by atoms with Gasteiger partial charge in [0.1, 0.15) is 0 Å². The van der Waals surface area contributed by atoms with Crippen LogP contribution in [0.3, 0.4) is 0 Å². The smallest absolute Gasteiger partial charge is 0.0580 e. The third kappa shape index (κ3) is 1.77. The number of hydrogen-bond donors (Lipinski definition) is 1. The van der Waals surface area contributed by atoms with E-state index in [-0.39, 0.29) is 6.10 Å². The molecule has 4 unspecified atom stereocenters. The molecule has 0 amide bonds. The zero-order valence-corrected chi connectivity index (χ0v) is 12.1. The third-order valence-electron chi connectivity index (χ3n) is 6.67. The zero-order valence-electron chi connectivity index (χ0n) is 12.1. The third-order valence-corrected chi connectivity index (χ3v) is 6.67. The molecule has 0 bridgehead atoms. The first kappa shape index (κ1) is 12.2. The molecule has 1 N–H and O–H groups in total. The molecule has 1 fully saturated rings. The van der Waals surface area contributed by atoms with Crippen LogP contribution in [0, 0.1) is 23.2 Å². The molecule has 0 radical (unpaired) electrons. The summed E-state index contributed by atoms with van der Waals surface area (Å²) in [5.74, 6) is 2.71. The lowest BCUT2D eigenvalue weighted by Gasteiger charge is -2.50. The van der Waals surface area contributed by atoms with Crippen LogP contribution in [0.1, 0.15) is 58.3 Å². The van der Waals surface area contributed by atoms with Crippen molar-refractivity contribution in [3.8, 4) is 0 Å². The summed E-state index contributed by atoms with van der Waals surface area (Å²) in [5, 5.41) is 9.89. The van der Waals surface area contributed by atoms with Gasteiger partial charge in [0.05, 0.1) is 6.10 Å². The molecule has 1 heteroatoms. The maximum atomic E-state index is 9.89. The van der Waals surface area contributed by atoms with Gasteiger partial charge in [0.15, 0.2) is 0 Å². The van der Waals surface area contributed by atoms with Crippen molar-refractivity contribution in [1.82, 2.24) is 0 Å². The van der Waals surface area contributed by atoms with E-state index in [1.807, 2.05) is 0 Å². The van der Waals surface area contributed by atoms with E-state index in [1.54, 1.807) is 11.1 Å². The Kier molecular flexibility index (Phi) is 2.71. The minimum atomic E-state index is -0.0442. The van der Waals surface area contributed by atoms with Gasteiger partial charge in [-0.3, -0.25) is 0 Å². The highest BCUT2D eigenvalue weighted by atomic mass is 16.3. The number of allylic oxidation sites excluding steroid dienone is 3. The Balaban J connectivity index is 1.64. The average molecular weight is 258 g/mol. The van der Waals surface area contributed by atoms with Crippen molar-refractivity contribution in [1.29, 1.82) is 0 Å². The van der Waals surface area contributed by atoms with E-state index in [0.29, 0.717) is 5.41 Å². The van der Waals surface area contributed by atoms with Crippen molar-refractivity contribution in [2.45, 2.75) is 64.4 Å². The van der Waals surface area contributed by atoms with Crippen LogP contribution in [0.25, 0.3) is 0 Å². The second kappa shape index (κ2) is 4.22. The second-order valence-electron chi connectivity index (χ2n) is 7.62. The minimum Gasteiger partial charge on any atom is -0.393 e. The van der Waals surface area contributed by atoms with E-state index in [4.69, 9.17) is 0 Å². The number of hydrogen-bond acceptors (Lipinski definition) is 1. The lowest BCUT2D eigenvalue weighted by molar-refractivity contribution is 0.0554. The molecule has 4 aliphatic carbocycles. The van der Waals surface area contributed by atoms with Gasteiger partial charge in [-0.05, 0) is 74.5 Å². The molecule has 4 rings (SSSR count). The minimum absolute atomic E-state index is 0.0442. The average Bonchev–Trinajstić information content (AvgIpc) is 2.79. The first-order valence-corrected chi connectivity index (χ1v) is 8.24. The molecule has 0 aromatic carbocycles. The van der Waals surface area contributed by atoms with Gasteiger partial charge < -0.3 is 5.11 Å². The zero-order chi connectivity index (χ0) is 13.0. The van der Waals surface area contributed by atoms with E-state index >= 15 is 0 Å². The molecule has 1 nitrogen and oxygen atoms in total. The van der Waals surface area contributed by atoms with Crippen LogP contribution in [0.2, 0.25) is 0 Å². The van der Waals surface area contributed by atoms with Gasteiger partial charge in [-0.2, -0.15) is 0 Å². The topological polar surface area (TPSA) is 20.2 Å². The molecule has 104 valence electrons. The number of fused-ring (bicyclic) bond motifs is 4. The largest absolute Gasteiger partial charge is 0.393 e. The van der Waals surface area contributed by atoms with Gasteiger partial charge in [0.2, 0.25) is 0 Å². The van der Waals surface area contributed by atoms with Crippen molar-refractivity contribution in [2.24, 2.45) is 23.2 Å². The lowest BCUT2D eigenvalue weighted by atomic mass is 9.54. The maximum Gasteiger partial charge on any atom is 0.0580 e. The van der Waals surface area contributed by atoms with Gasteiger partial charge >= 0.3 is 0 Å². The fraction of sp³-hybridized carbons (Fsp3) is 0.778. The molecule has 0 spiro atoms. The Labute approximate surface area is 116 Å². The number of aliphatic hydroxyl groups excluding tert-OH is 1. The normalized spacial score (nSPS) is 48.7. The van der Waals surface area contributed by atoms with Crippen LogP contribution in [-0.4, -0.2) is 11.2 Å². The quantitative estimate of drug-likeness (QED) is 0.645. The van der Waals surface area contributed by atoms with Crippen LogP contribution in [-0.2, 0) is 0 Å². The molecule has 1 saturated carbocycles. The van der Waals surface area contributed by atoms with Crippen LogP contribution in [0.15, 0.2) is 23.3 Å².